The number of rotatable bonds is 4. The monoisotopic (exact) mass is 765 g/mol. The number of aromatic nitrogens is 3. The first-order chi connectivity index (χ1) is 29.2. The molecule has 13 rings (SSSR count). The van der Waals surface area contributed by atoms with Gasteiger partial charge in [0.05, 0.1) is 0 Å². The average Bonchev–Trinajstić information content (AvgIpc) is 3.68. The van der Waals surface area contributed by atoms with Gasteiger partial charge in [-0.3, -0.25) is 0 Å². The number of benzene rings is 10. The number of fused-ring (bicyclic) bond motifs is 5. The van der Waals surface area contributed by atoms with Gasteiger partial charge in [0.1, 0.15) is 0 Å². The summed E-state index contributed by atoms with van der Waals surface area (Å²) in [6, 6.07) is 68.1. The van der Waals surface area contributed by atoms with E-state index in [2.05, 4.69) is 188 Å². The third-order valence-electron chi connectivity index (χ3n) is 12.2. The van der Waals surface area contributed by atoms with Gasteiger partial charge in [-0.15, -0.1) is 11.3 Å². The molecule has 0 saturated heterocycles. The largest absolute Gasteiger partial charge is 0.208 e. The van der Waals surface area contributed by atoms with Crippen LogP contribution in [0.4, 0.5) is 0 Å². The molecular formula is C55H31N3S. The maximum atomic E-state index is 5.35. The normalized spacial score (nSPS) is 12.1. The molecule has 11 aromatic carbocycles. The van der Waals surface area contributed by atoms with Gasteiger partial charge in [0.2, 0.25) is 0 Å². The molecular weight excluding hydrogens is 735 g/mol. The van der Waals surface area contributed by atoms with Gasteiger partial charge in [0.25, 0.3) is 0 Å². The van der Waals surface area contributed by atoms with Crippen molar-refractivity contribution in [1.82, 2.24) is 15.0 Å². The zero-order valence-electron chi connectivity index (χ0n) is 31.6. The fourth-order valence-corrected chi connectivity index (χ4v) is 10.7. The molecule has 0 radical (unpaired) electrons. The maximum absolute atomic E-state index is 5.35. The minimum Gasteiger partial charge on any atom is -0.208 e. The molecule has 0 aliphatic heterocycles. The Bertz CT molecular complexity index is 3840. The first kappa shape index (κ1) is 32.5. The summed E-state index contributed by atoms with van der Waals surface area (Å²) >= 11 is 1.81. The third kappa shape index (κ3) is 4.97. The fourth-order valence-electron chi connectivity index (χ4n) is 9.51. The Balaban J connectivity index is 1.12. The molecule has 2 heterocycles. The van der Waals surface area contributed by atoms with Crippen molar-refractivity contribution in [2.75, 3.05) is 0 Å². The van der Waals surface area contributed by atoms with Crippen LogP contribution in [0.15, 0.2) is 188 Å². The van der Waals surface area contributed by atoms with Crippen molar-refractivity contribution in [2.45, 2.75) is 0 Å². The Morgan fingerprint density at radius 3 is 1.44 bits per heavy atom. The highest BCUT2D eigenvalue weighted by atomic mass is 32.1. The van der Waals surface area contributed by atoms with Gasteiger partial charge in [0.15, 0.2) is 17.5 Å². The lowest BCUT2D eigenvalue weighted by molar-refractivity contribution is 1.08. The van der Waals surface area contributed by atoms with Gasteiger partial charge in [-0.1, -0.05) is 158 Å². The molecule has 4 heteroatoms. The zero-order chi connectivity index (χ0) is 38.6. The first-order valence-corrected chi connectivity index (χ1v) is 20.8. The molecule has 0 fully saturated rings. The van der Waals surface area contributed by atoms with E-state index in [1.807, 2.05) is 11.3 Å². The van der Waals surface area contributed by atoms with Crippen LogP contribution in [0.5, 0.6) is 0 Å². The molecule has 0 N–H and O–H groups in total. The molecule has 0 bridgehead atoms. The number of hydrogen-bond acceptors (Lipinski definition) is 4. The Morgan fingerprint density at radius 2 is 0.746 bits per heavy atom. The second-order valence-electron chi connectivity index (χ2n) is 15.5. The standard InChI is InChI=1S/C55H31N3S/c1-2-10-32(11-3-1)36-15-6-16-38(28-36)53-56-54(39-26-27-42-41-17-4-5-21-47(41)59-48(42)31-39)58-55(57-53)40-29-37-25-24-35-13-8-19-44-43-18-7-12-33-22-23-34-14-9-20-45(51(34)49(33)43)46(30-40)52(37)50(35)44/h1-31H. The van der Waals surface area contributed by atoms with Gasteiger partial charge in [-0.2, -0.15) is 0 Å². The van der Waals surface area contributed by atoms with E-state index in [1.54, 1.807) is 0 Å². The van der Waals surface area contributed by atoms with Crippen LogP contribution in [0.25, 0.3) is 130 Å². The minimum atomic E-state index is 0.642. The summed E-state index contributed by atoms with van der Waals surface area (Å²) in [6.07, 6.45) is 0. The van der Waals surface area contributed by atoms with E-state index in [-0.39, 0.29) is 0 Å². The molecule has 0 amide bonds. The second kappa shape index (κ2) is 12.5. The van der Waals surface area contributed by atoms with Crippen molar-refractivity contribution in [3.8, 4) is 45.3 Å². The summed E-state index contributed by atoms with van der Waals surface area (Å²) in [6.45, 7) is 0. The lowest BCUT2D eigenvalue weighted by atomic mass is 9.87. The van der Waals surface area contributed by atoms with Crippen LogP contribution in [0, 0.1) is 0 Å². The summed E-state index contributed by atoms with van der Waals surface area (Å²) in [7, 11) is 0. The quantitative estimate of drug-likeness (QED) is 0.168. The van der Waals surface area contributed by atoms with E-state index in [1.165, 1.54) is 79.4 Å². The van der Waals surface area contributed by atoms with Crippen molar-refractivity contribution >= 4 is 96.1 Å². The highest BCUT2D eigenvalue weighted by molar-refractivity contribution is 7.25. The van der Waals surface area contributed by atoms with Crippen molar-refractivity contribution in [3.63, 3.8) is 0 Å². The Labute approximate surface area is 342 Å². The van der Waals surface area contributed by atoms with Crippen LogP contribution >= 0.6 is 11.3 Å². The highest BCUT2D eigenvalue weighted by Crippen LogP contribution is 2.45. The van der Waals surface area contributed by atoms with E-state index in [0.717, 1.165) is 33.2 Å². The lowest BCUT2D eigenvalue weighted by Crippen LogP contribution is -2.00. The van der Waals surface area contributed by atoms with Crippen molar-refractivity contribution in [3.05, 3.63) is 188 Å². The molecule has 0 aliphatic carbocycles. The smallest absolute Gasteiger partial charge is 0.164 e. The Kier molecular flexibility index (Phi) is 6.89. The summed E-state index contributed by atoms with van der Waals surface area (Å²) in [5, 5.41) is 17.4. The predicted octanol–water partition coefficient (Wildman–Crippen LogP) is 15.3. The minimum absolute atomic E-state index is 0.642. The zero-order valence-corrected chi connectivity index (χ0v) is 32.5. The molecule has 3 nitrogen and oxygen atoms in total. The number of hydrogen-bond donors (Lipinski definition) is 0. The molecule has 0 spiro atoms. The number of nitrogens with zero attached hydrogens (tertiary/aromatic N) is 3. The first-order valence-electron chi connectivity index (χ1n) is 20.0. The van der Waals surface area contributed by atoms with Crippen LogP contribution in [-0.2, 0) is 0 Å². The molecule has 59 heavy (non-hydrogen) atoms. The van der Waals surface area contributed by atoms with Crippen LogP contribution < -0.4 is 0 Å². The van der Waals surface area contributed by atoms with Gasteiger partial charge >= 0.3 is 0 Å². The maximum Gasteiger partial charge on any atom is 0.164 e. The van der Waals surface area contributed by atoms with Crippen LogP contribution in [0.3, 0.4) is 0 Å². The van der Waals surface area contributed by atoms with Gasteiger partial charge in [-0.25, -0.2) is 15.0 Å². The molecule has 272 valence electrons. The summed E-state index contributed by atoms with van der Waals surface area (Å²) in [4.78, 5) is 15.9. The molecule has 0 aliphatic rings. The average molecular weight is 766 g/mol. The van der Waals surface area contributed by atoms with Crippen molar-refractivity contribution < 1.29 is 0 Å². The van der Waals surface area contributed by atoms with E-state index in [9.17, 15) is 0 Å². The molecule has 0 saturated carbocycles. The fraction of sp³-hybridized carbons (Fsp3) is 0. The summed E-state index contributed by atoms with van der Waals surface area (Å²) < 4.78 is 2.49. The topological polar surface area (TPSA) is 38.7 Å². The van der Waals surface area contributed by atoms with Crippen molar-refractivity contribution in [1.29, 1.82) is 0 Å². The highest BCUT2D eigenvalue weighted by Gasteiger charge is 2.19. The Hall–Kier alpha value is -7.53. The van der Waals surface area contributed by atoms with Crippen molar-refractivity contribution in [2.24, 2.45) is 0 Å². The molecule has 0 unspecified atom stereocenters. The summed E-state index contributed by atoms with van der Waals surface area (Å²) in [5.74, 6) is 1.94. The van der Waals surface area contributed by atoms with Crippen LogP contribution in [-0.4, -0.2) is 15.0 Å². The van der Waals surface area contributed by atoms with E-state index < -0.39 is 0 Å². The SMILES string of the molecule is c1ccc(-c2cccc(-c3nc(-c4ccc5c(c4)sc4ccccc45)nc(-c4cc5ccc6cccc7c8cccc9ccc%10cccc(c(c4)c5c67)c%10c98)n3)c2)cc1. The second-order valence-corrected chi connectivity index (χ2v) is 16.6. The molecule has 0 atom stereocenters. The van der Waals surface area contributed by atoms with Crippen LogP contribution in [0.1, 0.15) is 0 Å². The molecule has 2 aromatic heterocycles. The summed E-state index contributed by atoms with van der Waals surface area (Å²) in [5.41, 5.74) is 5.13. The van der Waals surface area contributed by atoms with Crippen LogP contribution in [0.2, 0.25) is 0 Å². The number of thiophene rings is 1. The molecule has 13 aromatic rings. The van der Waals surface area contributed by atoms with Gasteiger partial charge in [-0.05, 0) is 106 Å². The van der Waals surface area contributed by atoms with Gasteiger partial charge in [0, 0.05) is 36.9 Å². The predicted molar refractivity (Wildman–Crippen MR) is 251 cm³/mol. The van der Waals surface area contributed by atoms with E-state index in [4.69, 9.17) is 15.0 Å². The van der Waals surface area contributed by atoms with E-state index in [0.29, 0.717) is 17.5 Å². The third-order valence-corrected chi connectivity index (χ3v) is 13.3. The Morgan fingerprint density at radius 1 is 0.254 bits per heavy atom. The van der Waals surface area contributed by atoms with Gasteiger partial charge < -0.3 is 0 Å². The van der Waals surface area contributed by atoms with E-state index >= 15 is 0 Å². The lowest BCUT2D eigenvalue weighted by Gasteiger charge is -2.17.